The van der Waals surface area contributed by atoms with Crippen molar-refractivity contribution < 1.29 is 13.2 Å². The monoisotopic (exact) mass is 218 g/mol. The van der Waals surface area contributed by atoms with Crippen molar-refractivity contribution in [2.24, 2.45) is 5.73 Å². The number of rotatable bonds is 3. The molecule has 1 aromatic rings. The summed E-state index contributed by atoms with van der Waals surface area (Å²) < 4.78 is 36.5. The Balaban J connectivity index is 2.65. The molecule has 0 aliphatic heterocycles. The predicted molar refractivity (Wildman–Crippen MR) is 51.2 cm³/mol. The number of hydrogen-bond donors (Lipinski definition) is 1. The molecule has 1 rings (SSSR count). The second-order valence-electron chi connectivity index (χ2n) is 3.55. The van der Waals surface area contributed by atoms with E-state index in [1.165, 1.54) is 6.07 Å². The lowest BCUT2D eigenvalue weighted by Gasteiger charge is -2.07. The van der Waals surface area contributed by atoms with Crippen molar-refractivity contribution in [3.05, 3.63) is 29.6 Å². The zero-order chi connectivity index (χ0) is 11.5. The SMILES string of the molecule is C[C@H](N)CCc1ccc(C(F)(F)F)cn1. The molecule has 0 aliphatic carbocycles. The van der Waals surface area contributed by atoms with E-state index < -0.39 is 11.7 Å². The Morgan fingerprint density at radius 1 is 1.40 bits per heavy atom. The third-order valence-corrected chi connectivity index (χ3v) is 2.01. The van der Waals surface area contributed by atoms with Crippen molar-refractivity contribution in [2.45, 2.75) is 32.0 Å². The highest BCUT2D eigenvalue weighted by Crippen LogP contribution is 2.28. The minimum atomic E-state index is -4.31. The van der Waals surface area contributed by atoms with Crippen LogP contribution in [0.4, 0.5) is 13.2 Å². The van der Waals surface area contributed by atoms with Crippen LogP contribution in [-0.4, -0.2) is 11.0 Å². The van der Waals surface area contributed by atoms with Gasteiger partial charge in [0.25, 0.3) is 0 Å². The maximum atomic E-state index is 12.2. The zero-order valence-electron chi connectivity index (χ0n) is 8.38. The second kappa shape index (κ2) is 4.61. The largest absolute Gasteiger partial charge is 0.417 e. The van der Waals surface area contributed by atoms with Crippen LogP contribution in [0.5, 0.6) is 0 Å². The van der Waals surface area contributed by atoms with Gasteiger partial charge in [0, 0.05) is 17.9 Å². The number of nitrogens with two attached hydrogens (primary N) is 1. The lowest BCUT2D eigenvalue weighted by molar-refractivity contribution is -0.137. The standard InChI is InChI=1S/C10H13F3N2/c1-7(14)2-4-9-5-3-8(6-15-9)10(11,12)13/h3,5-7H,2,4,14H2,1H3/t7-/m0/s1. The molecule has 0 unspecified atom stereocenters. The fraction of sp³-hybridized carbons (Fsp3) is 0.500. The fourth-order valence-corrected chi connectivity index (χ4v) is 1.12. The van der Waals surface area contributed by atoms with Crippen LogP contribution < -0.4 is 5.73 Å². The van der Waals surface area contributed by atoms with E-state index in [9.17, 15) is 13.2 Å². The molecule has 0 aliphatic rings. The molecular formula is C10H13F3N2. The first-order valence-corrected chi connectivity index (χ1v) is 4.67. The number of pyridine rings is 1. The van der Waals surface area contributed by atoms with Gasteiger partial charge in [0.15, 0.2) is 0 Å². The van der Waals surface area contributed by atoms with E-state index in [1.807, 2.05) is 6.92 Å². The van der Waals surface area contributed by atoms with Crippen LogP contribution in [0.3, 0.4) is 0 Å². The summed E-state index contributed by atoms with van der Waals surface area (Å²) in [6.45, 7) is 1.85. The van der Waals surface area contributed by atoms with E-state index in [2.05, 4.69) is 4.98 Å². The predicted octanol–water partition coefficient (Wildman–Crippen LogP) is 2.38. The van der Waals surface area contributed by atoms with Crippen LogP contribution in [-0.2, 0) is 12.6 Å². The average molecular weight is 218 g/mol. The number of halogens is 3. The molecule has 0 fully saturated rings. The van der Waals surface area contributed by atoms with Crippen molar-refractivity contribution in [3.63, 3.8) is 0 Å². The van der Waals surface area contributed by atoms with E-state index in [4.69, 9.17) is 5.73 Å². The van der Waals surface area contributed by atoms with Crippen LogP contribution in [0, 0.1) is 0 Å². The highest BCUT2D eigenvalue weighted by molar-refractivity contribution is 5.17. The molecule has 0 aromatic carbocycles. The molecule has 0 radical (unpaired) electrons. The Morgan fingerprint density at radius 2 is 2.07 bits per heavy atom. The Hall–Kier alpha value is -1.10. The molecule has 1 heterocycles. The maximum Gasteiger partial charge on any atom is 0.417 e. The number of aryl methyl sites for hydroxylation is 1. The smallest absolute Gasteiger partial charge is 0.328 e. The van der Waals surface area contributed by atoms with Crippen LogP contribution in [0.1, 0.15) is 24.6 Å². The Labute approximate surface area is 86.3 Å². The highest BCUT2D eigenvalue weighted by atomic mass is 19.4. The maximum absolute atomic E-state index is 12.2. The third-order valence-electron chi connectivity index (χ3n) is 2.01. The molecule has 2 N–H and O–H groups in total. The minimum absolute atomic E-state index is 0.0362. The Bertz CT molecular complexity index is 303. The van der Waals surface area contributed by atoms with Gasteiger partial charge in [0.1, 0.15) is 0 Å². The van der Waals surface area contributed by atoms with Gasteiger partial charge in [-0.25, -0.2) is 0 Å². The van der Waals surface area contributed by atoms with Crippen molar-refractivity contribution in [3.8, 4) is 0 Å². The van der Waals surface area contributed by atoms with Crippen LogP contribution in [0.2, 0.25) is 0 Å². The summed E-state index contributed by atoms with van der Waals surface area (Å²) in [5, 5.41) is 0. The van der Waals surface area contributed by atoms with Gasteiger partial charge in [-0.15, -0.1) is 0 Å². The third kappa shape index (κ3) is 3.87. The van der Waals surface area contributed by atoms with Crippen LogP contribution in [0.25, 0.3) is 0 Å². The van der Waals surface area contributed by atoms with Crippen LogP contribution >= 0.6 is 0 Å². The van der Waals surface area contributed by atoms with E-state index in [0.29, 0.717) is 12.1 Å². The van der Waals surface area contributed by atoms with E-state index in [-0.39, 0.29) is 6.04 Å². The summed E-state index contributed by atoms with van der Waals surface area (Å²) in [7, 11) is 0. The topological polar surface area (TPSA) is 38.9 Å². The number of alkyl halides is 3. The van der Waals surface area contributed by atoms with Crippen molar-refractivity contribution >= 4 is 0 Å². The lowest BCUT2D eigenvalue weighted by Crippen LogP contribution is -2.15. The Morgan fingerprint density at radius 3 is 2.47 bits per heavy atom. The Kier molecular flexibility index (Phi) is 3.68. The molecule has 0 saturated heterocycles. The van der Waals surface area contributed by atoms with E-state index in [1.54, 1.807) is 0 Å². The fourth-order valence-electron chi connectivity index (χ4n) is 1.12. The minimum Gasteiger partial charge on any atom is -0.328 e. The molecule has 0 spiro atoms. The van der Waals surface area contributed by atoms with Gasteiger partial charge in [-0.2, -0.15) is 13.2 Å². The summed E-state index contributed by atoms with van der Waals surface area (Å²) >= 11 is 0. The summed E-state index contributed by atoms with van der Waals surface area (Å²) in [6.07, 6.45) is -2.13. The van der Waals surface area contributed by atoms with Gasteiger partial charge in [-0.3, -0.25) is 4.98 Å². The van der Waals surface area contributed by atoms with Gasteiger partial charge in [-0.05, 0) is 31.9 Å². The molecule has 1 aromatic heterocycles. The first kappa shape index (κ1) is 12.0. The number of aromatic nitrogens is 1. The molecule has 84 valence electrons. The van der Waals surface area contributed by atoms with Gasteiger partial charge in [-0.1, -0.05) is 0 Å². The van der Waals surface area contributed by atoms with Crippen molar-refractivity contribution in [2.75, 3.05) is 0 Å². The molecule has 15 heavy (non-hydrogen) atoms. The second-order valence-corrected chi connectivity index (χ2v) is 3.55. The molecule has 5 heteroatoms. The van der Waals surface area contributed by atoms with Gasteiger partial charge in [0.05, 0.1) is 5.56 Å². The molecular weight excluding hydrogens is 205 g/mol. The quantitative estimate of drug-likeness (QED) is 0.845. The van der Waals surface area contributed by atoms with E-state index in [0.717, 1.165) is 18.7 Å². The summed E-state index contributed by atoms with van der Waals surface area (Å²) in [5.74, 6) is 0. The van der Waals surface area contributed by atoms with Gasteiger partial charge in [0.2, 0.25) is 0 Å². The normalized spacial score (nSPS) is 13.9. The van der Waals surface area contributed by atoms with E-state index >= 15 is 0 Å². The molecule has 1 atom stereocenters. The lowest BCUT2D eigenvalue weighted by atomic mass is 10.1. The molecule has 0 saturated carbocycles. The van der Waals surface area contributed by atoms with Crippen molar-refractivity contribution in [1.29, 1.82) is 0 Å². The summed E-state index contributed by atoms with van der Waals surface area (Å²) in [6, 6.07) is 2.48. The van der Waals surface area contributed by atoms with Crippen LogP contribution in [0.15, 0.2) is 18.3 Å². The van der Waals surface area contributed by atoms with Crippen molar-refractivity contribution in [1.82, 2.24) is 4.98 Å². The molecule has 0 amide bonds. The number of nitrogens with zero attached hydrogens (tertiary/aromatic N) is 1. The zero-order valence-corrected chi connectivity index (χ0v) is 8.38. The summed E-state index contributed by atoms with van der Waals surface area (Å²) in [5.41, 5.74) is 5.46. The first-order valence-electron chi connectivity index (χ1n) is 4.67. The van der Waals surface area contributed by atoms with Gasteiger partial charge < -0.3 is 5.73 Å². The summed E-state index contributed by atoms with van der Waals surface area (Å²) in [4.78, 5) is 3.74. The highest BCUT2D eigenvalue weighted by Gasteiger charge is 2.30. The number of hydrogen-bond acceptors (Lipinski definition) is 2. The average Bonchev–Trinajstić information content (AvgIpc) is 2.14. The molecule has 2 nitrogen and oxygen atoms in total. The first-order chi connectivity index (χ1) is 6.89. The molecule has 0 bridgehead atoms. The van der Waals surface area contributed by atoms with Gasteiger partial charge >= 0.3 is 6.18 Å².